The first-order valence-electron chi connectivity index (χ1n) is 4.65. The van der Waals surface area contributed by atoms with Gasteiger partial charge in [-0.05, 0) is 19.1 Å². The predicted molar refractivity (Wildman–Crippen MR) is 63.7 cm³/mol. The molecule has 0 N–H and O–H groups in total. The molecule has 1 aromatic carbocycles. The van der Waals surface area contributed by atoms with E-state index in [9.17, 15) is 4.79 Å². The number of para-hydroxylation sites is 1. The smallest absolute Gasteiger partial charge is 0.170 e. The van der Waals surface area contributed by atoms with Gasteiger partial charge in [0.05, 0.1) is 15.7 Å². The van der Waals surface area contributed by atoms with Crippen molar-refractivity contribution in [3.05, 3.63) is 39.7 Å². The molecular formula is C11H9Cl2NO2. The molecule has 0 saturated carbocycles. The summed E-state index contributed by atoms with van der Waals surface area (Å²) in [5.41, 5.74) is 1.06. The highest BCUT2D eigenvalue weighted by atomic mass is 35.5. The molecule has 0 unspecified atom stereocenters. The minimum atomic E-state index is 0.253. The highest BCUT2D eigenvalue weighted by Gasteiger charge is 2.25. The third-order valence-electron chi connectivity index (χ3n) is 2.38. The van der Waals surface area contributed by atoms with Crippen molar-refractivity contribution >= 4 is 35.2 Å². The maximum atomic E-state index is 11.0. The fourth-order valence-electron chi connectivity index (χ4n) is 1.57. The number of ether oxygens (including phenoxy) is 1. The second-order valence-corrected chi connectivity index (χ2v) is 4.15. The lowest BCUT2D eigenvalue weighted by Crippen LogP contribution is -2.20. The third kappa shape index (κ3) is 1.77. The van der Waals surface area contributed by atoms with Crippen molar-refractivity contribution in [2.24, 2.45) is 0 Å². The molecular weight excluding hydrogens is 249 g/mol. The highest BCUT2D eigenvalue weighted by Crippen LogP contribution is 2.37. The van der Waals surface area contributed by atoms with Crippen LogP contribution in [0.1, 0.15) is 6.92 Å². The number of hydrogen-bond donors (Lipinski definition) is 0. The normalized spacial score (nSPS) is 15.3. The molecule has 16 heavy (non-hydrogen) atoms. The summed E-state index contributed by atoms with van der Waals surface area (Å²) < 4.78 is 5.29. The lowest BCUT2D eigenvalue weighted by Gasteiger charge is -2.19. The zero-order valence-electron chi connectivity index (χ0n) is 8.54. The summed E-state index contributed by atoms with van der Waals surface area (Å²) in [6.45, 7) is 1.98. The van der Waals surface area contributed by atoms with E-state index in [2.05, 4.69) is 0 Å². The van der Waals surface area contributed by atoms with Crippen LogP contribution in [0.2, 0.25) is 10.0 Å². The summed E-state index contributed by atoms with van der Waals surface area (Å²) in [6, 6.07) is 5.19. The number of rotatable bonds is 2. The van der Waals surface area contributed by atoms with Crippen LogP contribution in [0.15, 0.2) is 29.7 Å². The number of allylic oxidation sites excluding steroid dienone is 2. The summed E-state index contributed by atoms with van der Waals surface area (Å²) in [6.07, 6.45) is 0.738. The fourth-order valence-corrected chi connectivity index (χ4v) is 2.17. The number of anilines is 1. The van der Waals surface area contributed by atoms with Gasteiger partial charge in [-0.3, -0.25) is 9.69 Å². The molecule has 0 aromatic heterocycles. The number of hydrogen-bond acceptors (Lipinski definition) is 3. The molecule has 1 aromatic rings. The van der Waals surface area contributed by atoms with E-state index in [4.69, 9.17) is 27.9 Å². The number of benzene rings is 1. The molecule has 84 valence electrons. The molecule has 0 amide bonds. The van der Waals surface area contributed by atoms with Crippen molar-refractivity contribution in [1.29, 1.82) is 0 Å². The highest BCUT2D eigenvalue weighted by molar-refractivity contribution is 6.39. The Bertz CT molecular complexity index is 451. The predicted octanol–water partition coefficient (Wildman–Crippen LogP) is 3.22. The van der Waals surface area contributed by atoms with Gasteiger partial charge in [-0.2, -0.15) is 0 Å². The van der Waals surface area contributed by atoms with E-state index in [0.29, 0.717) is 27.2 Å². The largest absolute Gasteiger partial charge is 0.475 e. The summed E-state index contributed by atoms with van der Waals surface area (Å²) in [5.74, 6) is 0.575. The Hall–Kier alpha value is -1.19. The Morgan fingerprint density at radius 2 is 2.00 bits per heavy atom. The van der Waals surface area contributed by atoms with Gasteiger partial charge in [-0.1, -0.05) is 29.3 Å². The van der Waals surface area contributed by atoms with Gasteiger partial charge in [0.25, 0.3) is 0 Å². The average Bonchev–Trinajstić information content (AvgIpc) is 2.59. The lowest BCUT2D eigenvalue weighted by molar-refractivity contribution is -0.105. The molecule has 3 nitrogen and oxygen atoms in total. The van der Waals surface area contributed by atoms with Crippen LogP contribution in [0.25, 0.3) is 0 Å². The lowest BCUT2D eigenvalue weighted by atomic mass is 10.2. The molecule has 0 atom stereocenters. The van der Waals surface area contributed by atoms with Crippen LogP contribution >= 0.6 is 23.2 Å². The van der Waals surface area contributed by atoms with Gasteiger partial charge in [-0.25, -0.2) is 0 Å². The maximum Gasteiger partial charge on any atom is 0.170 e. The second-order valence-electron chi connectivity index (χ2n) is 3.33. The van der Waals surface area contributed by atoms with E-state index in [1.165, 1.54) is 0 Å². The van der Waals surface area contributed by atoms with Crippen molar-refractivity contribution < 1.29 is 9.53 Å². The van der Waals surface area contributed by atoms with Crippen LogP contribution < -0.4 is 4.90 Å². The van der Waals surface area contributed by atoms with Gasteiger partial charge in [-0.15, -0.1) is 0 Å². The van der Waals surface area contributed by atoms with E-state index in [1.807, 2.05) is 0 Å². The summed E-state index contributed by atoms with van der Waals surface area (Å²) >= 11 is 12.1. The van der Waals surface area contributed by atoms with Crippen molar-refractivity contribution in [1.82, 2.24) is 0 Å². The van der Waals surface area contributed by atoms with Crippen molar-refractivity contribution in [2.45, 2.75) is 6.92 Å². The van der Waals surface area contributed by atoms with Gasteiger partial charge in [0.15, 0.2) is 13.0 Å². The van der Waals surface area contributed by atoms with E-state index >= 15 is 0 Å². The molecule has 0 saturated heterocycles. The summed E-state index contributed by atoms with van der Waals surface area (Å²) in [5, 5.41) is 0.982. The molecule has 1 heterocycles. The Labute approximate surface area is 103 Å². The minimum absolute atomic E-state index is 0.253. The number of nitrogens with zero attached hydrogens (tertiary/aromatic N) is 1. The standard InChI is InChI=1S/C11H9Cl2NO2/c1-7-10(5-15)14(6-16-7)11-8(12)3-2-4-9(11)13/h2-5H,6H2,1H3. The molecule has 0 spiro atoms. The first-order chi connectivity index (χ1) is 7.65. The van der Waals surface area contributed by atoms with Crippen molar-refractivity contribution in [3.63, 3.8) is 0 Å². The molecule has 0 bridgehead atoms. The quantitative estimate of drug-likeness (QED) is 0.763. The maximum absolute atomic E-state index is 11.0. The molecule has 0 aliphatic carbocycles. The zero-order chi connectivity index (χ0) is 11.7. The monoisotopic (exact) mass is 257 g/mol. The Morgan fingerprint density at radius 3 is 2.56 bits per heavy atom. The third-order valence-corrected chi connectivity index (χ3v) is 2.99. The van der Waals surface area contributed by atoms with Crippen LogP contribution in [0.5, 0.6) is 0 Å². The average molecular weight is 258 g/mol. The molecule has 1 aliphatic rings. The zero-order valence-corrected chi connectivity index (χ0v) is 10.0. The molecule has 1 aliphatic heterocycles. The van der Waals surface area contributed by atoms with Crippen molar-refractivity contribution in [2.75, 3.05) is 11.6 Å². The first kappa shape index (κ1) is 11.3. The van der Waals surface area contributed by atoms with Crippen LogP contribution in [0.3, 0.4) is 0 Å². The van der Waals surface area contributed by atoms with Gasteiger partial charge in [0.2, 0.25) is 0 Å². The van der Waals surface area contributed by atoms with Crippen LogP contribution in [-0.4, -0.2) is 13.0 Å². The summed E-state index contributed by atoms with van der Waals surface area (Å²) in [4.78, 5) is 12.6. The summed E-state index contributed by atoms with van der Waals surface area (Å²) in [7, 11) is 0. The molecule has 2 rings (SSSR count). The molecule has 5 heteroatoms. The van der Waals surface area contributed by atoms with Gasteiger partial charge >= 0.3 is 0 Å². The van der Waals surface area contributed by atoms with Gasteiger partial charge < -0.3 is 4.74 Å². The molecule has 0 fully saturated rings. The van der Waals surface area contributed by atoms with E-state index < -0.39 is 0 Å². The van der Waals surface area contributed by atoms with E-state index in [-0.39, 0.29) is 6.73 Å². The number of carbonyl (C=O) groups excluding carboxylic acids is 1. The fraction of sp³-hybridized carbons (Fsp3) is 0.182. The topological polar surface area (TPSA) is 29.5 Å². The van der Waals surface area contributed by atoms with Gasteiger partial charge in [0.1, 0.15) is 11.5 Å². The van der Waals surface area contributed by atoms with E-state index in [1.54, 1.807) is 30.0 Å². The molecule has 0 radical (unpaired) electrons. The van der Waals surface area contributed by atoms with Crippen LogP contribution in [-0.2, 0) is 9.53 Å². The van der Waals surface area contributed by atoms with Crippen LogP contribution in [0, 0.1) is 0 Å². The second kappa shape index (κ2) is 4.36. The number of aldehydes is 1. The van der Waals surface area contributed by atoms with E-state index in [0.717, 1.165) is 6.29 Å². The Kier molecular flexibility index (Phi) is 3.08. The number of halogens is 2. The Morgan fingerprint density at radius 1 is 1.38 bits per heavy atom. The minimum Gasteiger partial charge on any atom is -0.475 e. The Balaban J connectivity index is 2.50. The van der Waals surface area contributed by atoms with Crippen molar-refractivity contribution in [3.8, 4) is 0 Å². The van der Waals surface area contributed by atoms with Crippen LogP contribution in [0.4, 0.5) is 5.69 Å². The van der Waals surface area contributed by atoms with Gasteiger partial charge in [0, 0.05) is 0 Å². The SMILES string of the molecule is CC1=C(C=O)N(c2c(Cl)cccc2Cl)CO1. The number of carbonyl (C=O) groups is 1. The first-order valence-corrected chi connectivity index (χ1v) is 5.41.